The minimum atomic E-state index is -0.750. The Kier molecular flexibility index (Phi) is 6.83. The van der Waals surface area contributed by atoms with Gasteiger partial charge >= 0.3 is 5.97 Å². The van der Waals surface area contributed by atoms with Gasteiger partial charge in [-0.05, 0) is 53.6 Å². The Balaban J connectivity index is 1.30. The number of carbonyl (C=O) groups excluding carboxylic acids is 1. The summed E-state index contributed by atoms with van der Waals surface area (Å²) < 4.78 is 30.4. The van der Waals surface area contributed by atoms with Crippen molar-refractivity contribution in [3.05, 3.63) is 130 Å². The number of esters is 1. The smallest absolute Gasteiger partial charge is 0.336 e. The van der Waals surface area contributed by atoms with Crippen molar-refractivity contribution in [2.75, 3.05) is 0 Å². The summed E-state index contributed by atoms with van der Waals surface area (Å²) in [5, 5.41) is 0.425. The molecule has 5 nitrogen and oxygen atoms in total. The number of ether oxygens (including phenoxy) is 2. The largest absolute Gasteiger partial charge is 0.460 e. The molecule has 0 saturated carbocycles. The molecule has 0 aliphatic carbocycles. The molecular formula is C30H18ClFO5. The molecular weight excluding hydrogens is 495 g/mol. The quantitative estimate of drug-likeness (QED) is 0.133. The fraction of sp³-hybridized carbons (Fsp3) is 0. The molecule has 0 N–H and O–H groups in total. The maximum absolute atomic E-state index is 13.9. The number of benzene rings is 4. The number of halogens is 2. The van der Waals surface area contributed by atoms with Crippen molar-refractivity contribution in [2.45, 2.75) is 0 Å². The minimum absolute atomic E-state index is 0.0226. The zero-order valence-electron chi connectivity index (χ0n) is 19.2. The fourth-order valence-corrected chi connectivity index (χ4v) is 3.90. The van der Waals surface area contributed by atoms with Crippen molar-refractivity contribution in [3.63, 3.8) is 0 Å². The van der Waals surface area contributed by atoms with Crippen LogP contribution in [0.4, 0.5) is 4.39 Å². The number of carbonyl (C=O) groups is 1. The molecule has 0 amide bonds. The van der Waals surface area contributed by atoms with Crippen molar-refractivity contribution in [3.8, 4) is 28.4 Å². The van der Waals surface area contributed by atoms with Crippen LogP contribution in [-0.2, 0) is 4.79 Å². The molecule has 5 rings (SSSR count). The molecule has 182 valence electrons. The topological polar surface area (TPSA) is 65.7 Å². The highest BCUT2D eigenvalue weighted by atomic mass is 35.5. The number of hydrogen-bond donors (Lipinski definition) is 0. The van der Waals surface area contributed by atoms with Crippen LogP contribution in [0, 0.1) is 5.82 Å². The van der Waals surface area contributed by atoms with Crippen molar-refractivity contribution >= 4 is 34.6 Å². The molecule has 0 unspecified atom stereocenters. The van der Waals surface area contributed by atoms with Gasteiger partial charge in [-0.15, -0.1) is 0 Å². The molecule has 0 bridgehead atoms. The van der Waals surface area contributed by atoms with Gasteiger partial charge in [-0.2, -0.15) is 0 Å². The summed E-state index contributed by atoms with van der Waals surface area (Å²) in [7, 11) is 0. The van der Waals surface area contributed by atoms with Crippen LogP contribution in [-0.4, -0.2) is 5.97 Å². The first-order valence-electron chi connectivity index (χ1n) is 11.2. The zero-order valence-corrected chi connectivity index (χ0v) is 19.9. The third kappa shape index (κ3) is 5.44. The SMILES string of the molecule is O=C(/C=C/c1c(F)cccc1Cl)Oc1ccc2c(=O)c(Oc3ccc(-c4ccccc4)cc3)coc2c1. The van der Waals surface area contributed by atoms with E-state index in [0.717, 1.165) is 17.2 Å². The molecule has 0 fully saturated rings. The molecule has 4 aromatic carbocycles. The fourth-order valence-electron chi connectivity index (χ4n) is 3.67. The molecule has 7 heteroatoms. The second-order valence-corrected chi connectivity index (χ2v) is 8.38. The van der Waals surface area contributed by atoms with E-state index in [1.165, 1.54) is 48.7 Å². The summed E-state index contributed by atoms with van der Waals surface area (Å²) in [5.41, 5.74) is 2.01. The van der Waals surface area contributed by atoms with Gasteiger partial charge in [0.05, 0.1) is 10.4 Å². The normalized spacial score (nSPS) is 11.1. The van der Waals surface area contributed by atoms with Gasteiger partial charge in [-0.1, -0.05) is 60.1 Å². The highest BCUT2D eigenvalue weighted by molar-refractivity contribution is 6.32. The third-order valence-electron chi connectivity index (χ3n) is 5.51. The van der Waals surface area contributed by atoms with Crippen LogP contribution in [0.3, 0.4) is 0 Å². The summed E-state index contributed by atoms with van der Waals surface area (Å²) >= 11 is 5.95. The van der Waals surface area contributed by atoms with Crippen LogP contribution >= 0.6 is 11.6 Å². The summed E-state index contributed by atoms with van der Waals surface area (Å²) in [4.78, 5) is 25.1. The lowest BCUT2D eigenvalue weighted by atomic mass is 10.1. The van der Waals surface area contributed by atoms with E-state index in [2.05, 4.69) is 0 Å². The molecule has 0 aliphatic rings. The summed E-state index contributed by atoms with van der Waals surface area (Å²) in [6.07, 6.45) is 3.50. The molecule has 0 saturated heterocycles. The number of fused-ring (bicyclic) bond motifs is 1. The summed E-state index contributed by atoms with van der Waals surface area (Å²) in [5.74, 6) is -0.655. The van der Waals surface area contributed by atoms with Gasteiger partial charge in [-0.25, -0.2) is 9.18 Å². The first-order chi connectivity index (χ1) is 18.0. The van der Waals surface area contributed by atoms with E-state index in [4.69, 9.17) is 25.5 Å². The highest BCUT2D eigenvalue weighted by Gasteiger charge is 2.12. The minimum Gasteiger partial charge on any atom is -0.460 e. The molecule has 0 radical (unpaired) electrons. The zero-order chi connectivity index (χ0) is 25.8. The average Bonchev–Trinajstić information content (AvgIpc) is 2.91. The summed E-state index contributed by atoms with van der Waals surface area (Å²) in [6.45, 7) is 0. The Labute approximate surface area is 216 Å². The third-order valence-corrected chi connectivity index (χ3v) is 5.84. The van der Waals surface area contributed by atoms with E-state index >= 15 is 0 Å². The van der Waals surface area contributed by atoms with Crippen LogP contribution in [0.5, 0.6) is 17.2 Å². The average molecular weight is 513 g/mol. The molecule has 1 aromatic heterocycles. The second-order valence-electron chi connectivity index (χ2n) is 7.97. The molecule has 0 atom stereocenters. The van der Waals surface area contributed by atoms with Crippen LogP contribution in [0.25, 0.3) is 28.2 Å². The van der Waals surface area contributed by atoms with E-state index in [0.29, 0.717) is 5.75 Å². The Morgan fingerprint density at radius 1 is 0.865 bits per heavy atom. The van der Waals surface area contributed by atoms with Gasteiger partial charge in [0.15, 0.2) is 0 Å². The van der Waals surface area contributed by atoms with Crippen molar-refractivity contribution in [2.24, 2.45) is 0 Å². The lowest BCUT2D eigenvalue weighted by Crippen LogP contribution is -2.06. The molecule has 1 heterocycles. The van der Waals surface area contributed by atoms with Crippen LogP contribution in [0.15, 0.2) is 113 Å². The van der Waals surface area contributed by atoms with Gasteiger partial charge in [0.1, 0.15) is 29.2 Å². The highest BCUT2D eigenvalue weighted by Crippen LogP contribution is 2.27. The predicted molar refractivity (Wildman–Crippen MR) is 141 cm³/mol. The lowest BCUT2D eigenvalue weighted by Gasteiger charge is -2.08. The first-order valence-corrected chi connectivity index (χ1v) is 11.6. The molecule has 0 aliphatic heterocycles. The van der Waals surface area contributed by atoms with Gasteiger partial charge in [-0.3, -0.25) is 4.79 Å². The molecule has 37 heavy (non-hydrogen) atoms. The van der Waals surface area contributed by atoms with Gasteiger partial charge in [0.2, 0.25) is 11.2 Å². The number of hydrogen-bond acceptors (Lipinski definition) is 5. The number of rotatable bonds is 6. The van der Waals surface area contributed by atoms with Crippen molar-refractivity contribution in [1.29, 1.82) is 0 Å². The van der Waals surface area contributed by atoms with Gasteiger partial charge in [0, 0.05) is 17.7 Å². The Hall–Kier alpha value is -4.68. The van der Waals surface area contributed by atoms with Crippen LogP contribution in [0.2, 0.25) is 5.02 Å². The second kappa shape index (κ2) is 10.5. The molecule has 5 aromatic rings. The maximum Gasteiger partial charge on any atom is 0.336 e. The van der Waals surface area contributed by atoms with E-state index < -0.39 is 11.8 Å². The Bertz CT molecular complexity index is 1650. The van der Waals surface area contributed by atoms with E-state index in [1.54, 1.807) is 12.1 Å². The standard InChI is InChI=1S/C30H18ClFO5/c31-25-7-4-8-26(32)23(25)15-16-29(33)37-22-13-14-24-27(17-22)35-18-28(30(24)34)36-21-11-9-20(10-12-21)19-5-2-1-3-6-19/h1-18H/b16-15+. The van der Waals surface area contributed by atoms with Crippen LogP contribution < -0.4 is 14.9 Å². The van der Waals surface area contributed by atoms with Crippen molar-refractivity contribution in [1.82, 2.24) is 0 Å². The predicted octanol–water partition coefficient (Wildman–Crippen LogP) is 7.66. The molecule has 0 spiro atoms. The van der Waals surface area contributed by atoms with E-state index in [9.17, 15) is 14.0 Å². The van der Waals surface area contributed by atoms with Crippen LogP contribution in [0.1, 0.15) is 5.56 Å². The summed E-state index contributed by atoms with van der Waals surface area (Å²) in [6, 6.07) is 25.8. The maximum atomic E-state index is 13.9. The first kappa shape index (κ1) is 24.0. The van der Waals surface area contributed by atoms with Gasteiger partial charge in [0.25, 0.3) is 0 Å². The Morgan fingerprint density at radius 3 is 2.35 bits per heavy atom. The van der Waals surface area contributed by atoms with Crippen molar-refractivity contribution < 1.29 is 23.1 Å². The monoisotopic (exact) mass is 512 g/mol. The lowest BCUT2D eigenvalue weighted by molar-refractivity contribution is -0.128. The van der Waals surface area contributed by atoms with E-state index in [1.807, 2.05) is 42.5 Å². The van der Waals surface area contributed by atoms with E-state index in [-0.39, 0.29) is 38.5 Å². The van der Waals surface area contributed by atoms with Gasteiger partial charge < -0.3 is 13.9 Å². The Morgan fingerprint density at radius 2 is 1.59 bits per heavy atom.